The topological polar surface area (TPSA) is 65.5 Å². The molecule has 0 radical (unpaired) electrons. The van der Waals surface area contributed by atoms with E-state index in [1.54, 1.807) is 4.90 Å². The molecule has 0 spiro atoms. The van der Waals surface area contributed by atoms with Crippen LogP contribution in [0.15, 0.2) is 0 Å². The third-order valence-electron chi connectivity index (χ3n) is 4.27. The number of nitrogens with zero attached hydrogens (tertiary/aromatic N) is 3. The van der Waals surface area contributed by atoms with E-state index in [0.29, 0.717) is 18.1 Å². The Kier molecular flexibility index (Phi) is 10.4. The molecule has 0 fully saturated rings. The first-order chi connectivity index (χ1) is 12.3. The highest BCUT2D eigenvalue weighted by Gasteiger charge is 2.18. The maximum absolute atomic E-state index is 12.5. The maximum Gasteiger partial charge on any atom is 0.245 e. The van der Waals surface area contributed by atoms with Crippen molar-refractivity contribution in [2.24, 2.45) is 0 Å². The highest BCUT2D eigenvalue weighted by molar-refractivity contribution is 7.15. The fourth-order valence-electron chi connectivity index (χ4n) is 2.51. The summed E-state index contributed by atoms with van der Waals surface area (Å²) in [5, 5.41) is 3.42. The molecule has 1 heterocycles. The fraction of sp³-hybridized carbons (Fsp3) is 0.737. The van der Waals surface area contributed by atoms with Gasteiger partial charge in [0.25, 0.3) is 0 Å². The lowest BCUT2D eigenvalue weighted by Crippen LogP contribution is -2.41. The molecular weight excluding hydrogens is 348 g/mol. The predicted molar refractivity (Wildman–Crippen MR) is 109 cm³/mol. The average Bonchev–Trinajstić information content (AvgIpc) is 2.88. The van der Waals surface area contributed by atoms with Crippen molar-refractivity contribution in [3.63, 3.8) is 0 Å². The fourth-order valence-corrected chi connectivity index (χ4v) is 3.34. The largest absolute Gasteiger partial charge is 0.332 e. The summed E-state index contributed by atoms with van der Waals surface area (Å²) >= 11 is 1.46. The third-order valence-corrected chi connectivity index (χ3v) is 5.26. The molecule has 0 saturated heterocycles. The normalized spacial score (nSPS) is 11.0. The van der Waals surface area contributed by atoms with Crippen LogP contribution in [0, 0.1) is 13.8 Å². The molecule has 0 aliphatic rings. The van der Waals surface area contributed by atoms with Gasteiger partial charge in [-0.25, -0.2) is 4.98 Å². The third kappa shape index (κ3) is 8.76. The van der Waals surface area contributed by atoms with Crippen LogP contribution in [-0.2, 0) is 9.59 Å². The van der Waals surface area contributed by atoms with Crippen molar-refractivity contribution in [2.75, 3.05) is 39.0 Å². The Balaban J connectivity index is 2.54. The molecule has 0 unspecified atom stereocenters. The molecule has 0 saturated carbocycles. The molecule has 0 atom stereocenters. The zero-order valence-electron chi connectivity index (χ0n) is 16.9. The van der Waals surface area contributed by atoms with Crippen molar-refractivity contribution >= 4 is 28.3 Å². The Morgan fingerprint density at radius 2 is 1.77 bits per heavy atom. The Labute approximate surface area is 162 Å². The van der Waals surface area contributed by atoms with Gasteiger partial charge in [0.1, 0.15) is 0 Å². The van der Waals surface area contributed by atoms with Crippen molar-refractivity contribution in [2.45, 2.75) is 59.3 Å². The number of nitrogens with one attached hydrogen (secondary N) is 1. The van der Waals surface area contributed by atoms with E-state index in [-0.39, 0.29) is 18.4 Å². The van der Waals surface area contributed by atoms with Crippen LogP contribution in [0.25, 0.3) is 0 Å². The van der Waals surface area contributed by atoms with Crippen LogP contribution in [0.1, 0.15) is 56.0 Å². The average molecular weight is 383 g/mol. The molecule has 0 aliphatic heterocycles. The number of carbonyl (C=O) groups is 2. The molecule has 1 aromatic rings. The number of hydrogen-bond donors (Lipinski definition) is 1. The summed E-state index contributed by atoms with van der Waals surface area (Å²) in [6, 6.07) is 0. The van der Waals surface area contributed by atoms with Crippen LogP contribution in [0.3, 0.4) is 0 Å². The van der Waals surface area contributed by atoms with E-state index in [1.807, 2.05) is 32.8 Å². The summed E-state index contributed by atoms with van der Waals surface area (Å²) in [5.74, 6) is -0.123. The summed E-state index contributed by atoms with van der Waals surface area (Å²) in [5.41, 5.74) is 0.929. The summed E-state index contributed by atoms with van der Waals surface area (Å²) in [4.78, 5) is 34.0. The minimum atomic E-state index is -0.183. The minimum absolute atomic E-state index is 0.0602. The number of thiazole rings is 1. The first-order valence-electron chi connectivity index (χ1n) is 9.49. The number of aryl methyl sites for hydroxylation is 2. The van der Waals surface area contributed by atoms with E-state index in [9.17, 15) is 9.59 Å². The number of amides is 2. The second-order valence-corrected chi connectivity index (χ2v) is 8.19. The molecule has 0 aliphatic carbocycles. The van der Waals surface area contributed by atoms with Crippen molar-refractivity contribution in [3.8, 4) is 0 Å². The van der Waals surface area contributed by atoms with Gasteiger partial charge in [0.2, 0.25) is 11.8 Å². The van der Waals surface area contributed by atoms with Gasteiger partial charge in [0.15, 0.2) is 5.13 Å². The molecule has 1 N–H and O–H groups in total. The highest BCUT2D eigenvalue weighted by Crippen LogP contribution is 2.21. The number of rotatable bonds is 12. The standard InChI is InChI=1S/C19H34N4O2S/c1-6-7-8-9-10-11-18(25)23(13-12-22(4)5)14-17(24)21-19-20-15(2)16(3)26-19/h6-14H2,1-5H3,(H,20,21,24). The van der Waals surface area contributed by atoms with Gasteiger partial charge in [-0.2, -0.15) is 0 Å². The van der Waals surface area contributed by atoms with Crippen LogP contribution in [0.4, 0.5) is 5.13 Å². The van der Waals surface area contributed by atoms with Crippen LogP contribution in [-0.4, -0.2) is 60.3 Å². The van der Waals surface area contributed by atoms with Gasteiger partial charge >= 0.3 is 0 Å². The second-order valence-electron chi connectivity index (χ2n) is 6.99. The lowest BCUT2D eigenvalue weighted by atomic mass is 10.1. The zero-order chi connectivity index (χ0) is 19.5. The van der Waals surface area contributed by atoms with Crippen molar-refractivity contribution in [1.29, 1.82) is 0 Å². The first kappa shape index (κ1) is 22.6. The molecule has 7 heteroatoms. The van der Waals surface area contributed by atoms with E-state index in [4.69, 9.17) is 0 Å². The Morgan fingerprint density at radius 1 is 1.08 bits per heavy atom. The van der Waals surface area contributed by atoms with E-state index in [0.717, 1.165) is 30.0 Å². The van der Waals surface area contributed by atoms with Gasteiger partial charge < -0.3 is 15.1 Å². The van der Waals surface area contributed by atoms with Gasteiger partial charge in [-0.3, -0.25) is 9.59 Å². The minimum Gasteiger partial charge on any atom is -0.332 e. The smallest absolute Gasteiger partial charge is 0.245 e. The second kappa shape index (κ2) is 12.0. The summed E-state index contributed by atoms with van der Waals surface area (Å²) in [7, 11) is 3.93. The first-order valence-corrected chi connectivity index (χ1v) is 10.3. The van der Waals surface area contributed by atoms with Gasteiger partial charge in [-0.05, 0) is 34.4 Å². The lowest BCUT2D eigenvalue weighted by Gasteiger charge is -2.24. The lowest BCUT2D eigenvalue weighted by molar-refractivity contribution is -0.135. The zero-order valence-corrected chi connectivity index (χ0v) is 17.7. The van der Waals surface area contributed by atoms with Gasteiger partial charge in [-0.15, -0.1) is 11.3 Å². The number of anilines is 1. The Hall–Kier alpha value is -1.47. The molecule has 26 heavy (non-hydrogen) atoms. The van der Waals surface area contributed by atoms with E-state index in [1.165, 1.54) is 30.6 Å². The van der Waals surface area contributed by atoms with Crippen molar-refractivity contribution < 1.29 is 9.59 Å². The van der Waals surface area contributed by atoms with Crippen LogP contribution in [0.2, 0.25) is 0 Å². The van der Waals surface area contributed by atoms with Gasteiger partial charge in [0.05, 0.1) is 12.2 Å². The number of aromatic nitrogens is 1. The maximum atomic E-state index is 12.5. The summed E-state index contributed by atoms with van der Waals surface area (Å²) in [6.07, 6.45) is 6.06. The molecular formula is C19H34N4O2S. The molecule has 0 aromatic carbocycles. The van der Waals surface area contributed by atoms with E-state index in [2.05, 4.69) is 17.2 Å². The quantitative estimate of drug-likeness (QED) is 0.562. The number of likely N-dealkylation sites (N-methyl/N-ethyl adjacent to an activating group) is 1. The van der Waals surface area contributed by atoms with Gasteiger partial charge in [0, 0.05) is 24.4 Å². The van der Waals surface area contributed by atoms with Gasteiger partial charge in [-0.1, -0.05) is 32.6 Å². The molecule has 2 amide bonds. The SMILES string of the molecule is CCCCCCCC(=O)N(CCN(C)C)CC(=O)Nc1nc(C)c(C)s1. The monoisotopic (exact) mass is 382 g/mol. The van der Waals surface area contributed by atoms with E-state index >= 15 is 0 Å². The van der Waals surface area contributed by atoms with Crippen LogP contribution < -0.4 is 5.32 Å². The van der Waals surface area contributed by atoms with Crippen LogP contribution in [0.5, 0.6) is 0 Å². The number of unbranched alkanes of at least 4 members (excludes halogenated alkanes) is 4. The molecule has 0 bridgehead atoms. The highest BCUT2D eigenvalue weighted by atomic mass is 32.1. The molecule has 148 valence electrons. The predicted octanol–water partition coefficient (Wildman–Crippen LogP) is 3.45. The molecule has 1 rings (SSSR count). The summed E-state index contributed by atoms with van der Waals surface area (Å²) < 4.78 is 0. The molecule has 1 aromatic heterocycles. The Bertz CT molecular complexity index is 552. The Morgan fingerprint density at radius 3 is 2.35 bits per heavy atom. The number of hydrogen-bond acceptors (Lipinski definition) is 5. The summed E-state index contributed by atoms with van der Waals surface area (Å²) in [6.45, 7) is 7.47. The van der Waals surface area contributed by atoms with E-state index < -0.39 is 0 Å². The van der Waals surface area contributed by atoms with Crippen molar-refractivity contribution in [1.82, 2.24) is 14.8 Å². The number of carbonyl (C=O) groups excluding carboxylic acids is 2. The van der Waals surface area contributed by atoms with Crippen molar-refractivity contribution in [3.05, 3.63) is 10.6 Å². The molecule has 6 nitrogen and oxygen atoms in total. The van der Waals surface area contributed by atoms with Crippen LogP contribution >= 0.6 is 11.3 Å².